The number of likely N-dealkylation sites (N-methyl/N-ethyl adjacent to an activating group) is 1. The van der Waals surface area contributed by atoms with Gasteiger partial charge in [-0.15, -0.1) is 11.3 Å². The van der Waals surface area contributed by atoms with E-state index in [1.165, 1.54) is 10.4 Å². The molecule has 1 N–H and O–H groups in total. The third-order valence-electron chi connectivity index (χ3n) is 4.41. The molecule has 6 heteroatoms. The summed E-state index contributed by atoms with van der Waals surface area (Å²) < 4.78 is 5.69. The zero-order valence-electron chi connectivity index (χ0n) is 13.9. The van der Waals surface area contributed by atoms with Gasteiger partial charge in [0, 0.05) is 30.8 Å². The van der Waals surface area contributed by atoms with Gasteiger partial charge in [-0.25, -0.2) is 0 Å². The first-order valence-corrected chi connectivity index (χ1v) is 8.85. The van der Waals surface area contributed by atoms with Crippen LogP contribution in [0.4, 0.5) is 0 Å². The monoisotopic (exact) mass is 333 g/mol. The molecule has 3 rings (SSSR count). The van der Waals surface area contributed by atoms with Gasteiger partial charge in [-0.3, -0.25) is 9.89 Å². The van der Waals surface area contributed by atoms with Crippen LogP contribution >= 0.6 is 11.3 Å². The predicted octanol–water partition coefficient (Wildman–Crippen LogP) is 3.25. The number of hydrogen-bond acceptors (Lipinski definition) is 4. The summed E-state index contributed by atoms with van der Waals surface area (Å²) in [5.74, 6) is 0.0815. The van der Waals surface area contributed by atoms with Gasteiger partial charge in [-0.05, 0) is 50.8 Å². The summed E-state index contributed by atoms with van der Waals surface area (Å²) in [6, 6.07) is 3.96. The summed E-state index contributed by atoms with van der Waals surface area (Å²) in [7, 11) is 1.86. The standard InChI is InChI=1S/C17H23N3O2S/c1-11-13(12(2)19-18-11)8-9-20(3)17(21)16-7-6-15(23-16)14-5-4-10-22-14/h6-7,14H,4-5,8-10H2,1-3H3,(H,18,19)/t14-/m1/s1. The molecule has 0 saturated carbocycles. The van der Waals surface area contributed by atoms with Crippen LogP contribution in [0.15, 0.2) is 12.1 Å². The Balaban J connectivity index is 1.61. The molecule has 1 saturated heterocycles. The molecule has 1 atom stereocenters. The van der Waals surface area contributed by atoms with Crippen LogP contribution in [0.1, 0.15) is 50.4 Å². The highest BCUT2D eigenvalue weighted by Crippen LogP contribution is 2.33. The largest absolute Gasteiger partial charge is 0.373 e. The lowest BCUT2D eigenvalue weighted by molar-refractivity contribution is 0.0801. The van der Waals surface area contributed by atoms with E-state index in [2.05, 4.69) is 10.2 Å². The van der Waals surface area contributed by atoms with Crippen LogP contribution in [-0.2, 0) is 11.2 Å². The van der Waals surface area contributed by atoms with Crippen LogP contribution in [0.5, 0.6) is 0 Å². The summed E-state index contributed by atoms with van der Waals surface area (Å²) >= 11 is 1.56. The van der Waals surface area contributed by atoms with Crippen molar-refractivity contribution in [3.05, 3.63) is 38.8 Å². The molecule has 1 aliphatic rings. The Hall–Kier alpha value is -1.66. The number of thiophene rings is 1. The molecule has 1 aliphatic heterocycles. The minimum atomic E-state index is 0.0815. The molecule has 2 aromatic heterocycles. The van der Waals surface area contributed by atoms with E-state index < -0.39 is 0 Å². The molecule has 3 heterocycles. The fraction of sp³-hybridized carbons (Fsp3) is 0.529. The van der Waals surface area contributed by atoms with E-state index in [9.17, 15) is 4.79 Å². The number of H-pyrrole nitrogens is 1. The average Bonchev–Trinajstić information content (AvgIpc) is 3.26. The Morgan fingerprint density at radius 3 is 2.96 bits per heavy atom. The predicted molar refractivity (Wildman–Crippen MR) is 91.0 cm³/mol. The van der Waals surface area contributed by atoms with Crippen molar-refractivity contribution in [3.8, 4) is 0 Å². The van der Waals surface area contributed by atoms with Crippen LogP contribution in [0.2, 0.25) is 0 Å². The van der Waals surface area contributed by atoms with E-state index in [1.54, 1.807) is 16.2 Å². The zero-order valence-corrected chi connectivity index (χ0v) is 14.7. The SMILES string of the molecule is Cc1n[nH]c(C)c1CCN(C)C(=O)c1ccc([C@H]2CCCO2)s1. The third kappa shape index (κ3) is 3.48. The lowest BCUT2D eigenvalue weighted by atomic mass is 10.1. The van der Waals surface area contributed by atoms with E-state index in [0.717, 1.165) is 42.1 Å². The fourth-order valence-electron chi connectivity index (χ4n) is 2.95. The lowest BCUT2D eigenvalue weighted by Gasteiger charge is -2.16. The number of nitrogens with one attached hydrogen (secondary N) is 1. The molecule has 1 amide bonds. The van der Waals surface area contributed by atoms with E-state index in [-0.39, 0.29) is 12.0 Å². The van der Waals surface area contributed by atoms with Gasteiger partial charge in [0.25, 0.3) is 5.91 Å². The molecule has 0 aromatic carbocycles. The molecule has 5 nitrogen and oxygen atoms in total. The number of amides is 1. The molecule has 0 unspecified atom stereocenters. The van der Waals surface area contributed by atoms with E-state index >= 15 is 0 Å². The fourth-order valence-corrected chi connectivity index (χ4v) is 4.04. The van der Waals surface area contributed by atoms with Gasteiger partial charge in [-0.1, -0.05) is 0 Å². The van der Waals surface area contributed by atoms with Crippen molar-refractivity contribution in [3.63, 3.8) is 0 Å². The van der Waals surface area contributed by atoms with Crippen LogP contribution in [-0.4, -0.2) is 41.2 Å². The topological polar surface area (TPSA) is 58.2 Å². The van der Waals surface area contributed by atoms with Gasteiger partial charge in [0.2, 0.25) is 0 Å². The van der Waals surface area contributed by atoms with Crippen molar-refractivity contribution in [1.29, 1.82) is 0 Å². The van der Waals surface area contributed by atoms with E-state index in [0.29, 0.717) is 6.54 Å². The quantitative estimate of drug-likeness (QED) is 0.914. The Kier molecular flexibility index (Phi) is 4.82. The van der Waals surface area contributed by atoms with Crippen molar-refractivity contribution < 1.29 is 9.53 Å². The molecule has 2 aromatic rings. The average molecular weight is 333 g/mol. The van der Waals surface area contributed by atoms with Gasteiger partial charge in [-0.2, -0.15) is 5.10 Å². The second-order valence-electron chi connectivity index (χ2n) is 6.09. The number of carbonyl (C=O) groups excluding carboxylic acids is 1. The van der Waals surface area contributed by atoms with Crippen LogP contribution < -0.4 is 0 Å². The lowest BCUT2D eigenvalue weighted by Crippen LogP contribution is -2.28. The van der Waals surface area contributed by atoms with Crippen LogP contribution in [0.25, 0.3) is 0 Å². The molecule has 0 aliphatic carbocycles. The number of nitrogens with zero attached hydrogens (tertiary/aromatic N) is 2. The highest BCUT2D eigenvalue weighted by Gasteiger charge is 2.22. The number of rotatable bonds is 5. The highest BCUT2D eigenvalue weighted by atomic mass is 32.1. The maximum atomic E-state index is 12.6. The summed E-state index contributed by atoms with van der Waals surface area (Å²) in [6.45, 7) is 5.53. The molecule has 0 bridgehead atoms. The van der Waals surface area contributed by atoms with Crippen molar-refractivity contribution in [2.75, 3.05) is 20.2 Å². The number of aromatic nitrogens is 2. The van der Waals surface area contributed by atoms with Crippen molar-refractivity contribution in [1.82, 2.24) is 15.1 Å². The van der Waals surface area contributed by atoms with E-state index in [4.69, 9.17) is 4.74 Å². The van der Waals surface area contributed by atoms with Gasteiger partial charge >= 0.3 is 0 Å². The van der Waals surface area contributed by atoms with Gasteiger partial charge in [0.1, 0.15) is 0 Å². The molecule has 23 heavy (non-hydrogen) atoms. The molecular formula is C17H23N3O2S. The van der Waals surface area contributed by atoms with Crippen LogP contribution in [0.3, 0.4) is 0 Å². The summed E-state index contributed by atoms with van der Waals surface area (Å²) in [4.78, 5) is 16.3. The Labute approximate surface area is 140 Å². The number of aromatic amines is 1. The zero-order chi connectivity index (χ0) is 16.4. The minimum absolute atomic E-state index is 0.0815. The maximum Gasteiger partial charge on any atom is 0.263 e. The molecule has 1 fully saturated rings. The number of hydrogen-bond donors (Lipinski definition) is 1. The summed E-state index contributed by atoms with van der Waals surface area (Å²) in [6.07, 6.45) is 3.17. The Morgan fingerprint density at radius 2 is 2.30 bits per heavy atom. The maximum absolute atomic E-state index is 12.6. The molecule has 124 valence electrons. The number of ether oxygens (including phenoxy) is 1. The van der Waals surface area contributed by atoms with E-state index in [1.807, 2.05) is 33.0 Å². The van der Waals surface area contributed by atoms with Gasteiger partial charge < -0.3 is 9.64 Å². The molecule has 0 spiro atoms. The first-order chi connectivity index (χ1) is 11.1. The summed E-state index contributed by atoms with van der Waals surface area (Å²) in [5, 5.41) is 7.20. The van der Waals surface area contributed by atoms with Crippen molar-refractivity contribution in [2.24, 2.45) is 0 Å². The number of aryl methyl sites for hydroxylation is 2. The summed E-state index contributed by atoms with van der Waals surface area (Å²) in [5.41, 5.74) is 3.30. The minimum Gasteiger partial charge on any atom is -0.373 e. The van der Waals surface area contributed by atoms with Gasteiger partial charge in [0.15, 0.2) is 0 Å². The first kappa shape index (κ1) is 16.2. The van der Waals surface area contributed by atoms with Crippen molar-refractivity contribution >= 4 is 17.2 Å². The number of carbonyl (C=O) groups is 1. The Bertz CT molecular complexity index is 666. The van der Waals surface area contributed by atoms with Crippen molar-refractivity contribution in [2.45, 2.75) is 39.2 Å². The highest BCUT2D eigenvalue weighted by molar-refractivity contribution is 7.14. The normalized spacial score (nSPS) is 17.6. The van der Waals surface area contributed by atoms with Gasteiger partial charge in [0.05, 0.1) is 16.7 Å². The smallest absolute Gasteiger partial charge is 0.263 e. The first-order valence-electron chi connectivity index (χ1n) is 8.03. The molecular weight excluding hydrogens is 310 g/mol. The second kappa shape index (κ2) is 6.84. The molecule has 0 radical (unpaired) electrons. The third-order valence-corrected chi connectivity index (χ3v) is 5.57. The second-order valence-corrected chi connectivity index (χ2v) is 7.21. The van der Waals surface area contributed by atoms with Crippen LogP contribution in [0, 0.1) is 13.8 Å². The Morgan fingerprint density at radius 1 is 1.48 bits per heavy atom.